The predicted molar refractivity (Wildman–Crippen MR) is 98.1 cm³/mol. The zero-order valence-electron chi connectivity index (χ0n) is 13.9. The molecule has 3 aromatic rings. The molecule has 0 saturated carbocycles. The molecule has 0 saturated heterocycles. The summed E-state index contributed by atoms with van der Waals surface area (Å²) in [5.74, 6) is 1.20. The average Bonchev–Trinajstić information content (AvgIpc) is 2.92. The standard InChI is InChI=1S/C16H18ClN5OS/c1-10-9-18-15(17)21-13(10)19-12-6-5-11-7-8-22(14(11)20-12)24(23)16(2,3)4/h5-9H,1-4H3,(H,18,19,20,21). The van der Waals surface area contributed by atoms with E-state index in [1.165, 1.54) is 0 Å². The fourth-order valence-corrected chi connectivity index (χ4v) is 3.35. The Hall–Kier alpha value is -1.83. The Morgan fingerprint density at radius 2 is 1.96 bits per heavy atom. The third kappa shape index (κ3) is 3.33. The highest BCUT2D eigenvalue weighted by molar-refractivity contribution is 7.91. The van der Waals surface area contributed by atoms with Crippen molar-refractivity contribution in [3.05, 3.63) is 41.4 Å². The largest absolute Gasteiger partial charge is 0.592 e. The van der Waals surface area contributed by atoms with Gasteiger partial charge in [0.2, 0.25) is 5.28 Å². The van der Waals surface area contributed by atoms with Crippen LogP contribution < -0.4 is 5.32 Å². The zero-order valence-corrected chi connectivity index (χ0v) is 15.4. The van der Waals surface area contributed by atoms with Gasteiger partial charge in [0.1, 0.15) is 16.4 Å². The van der Waals surface area contributed by atoms with E-state index in [4.69, 9.17) is 11.6 Å². The lowest BCUT2D eigenvalue weighted by atomic mass is 10.3. The van der Waals surface area contributed by atoms with Crippen LogP contribution in [0.15, 0.2) is 30.6 Å². The van der Waals surface area contributed by atoms with Crippen molar-refractivity contribution >= 4 is 45.6 Å². The third-order valence-electron chi connectivity index (χ3n) is 3.39. The molecule has 0 aromatic carbocycles. The van der Waals surface area contributed by atoms with Gasteiger partial charge in [-0.3, -0.25) is 0 Å². The van der Waals surface area contributed by atoms with Crippen molar-refractivity contribution in [1.82, 2.24) is 18.9 Å². The average molecular weight is 364 g/mol. The molecule has 24 heavy (non-hydrogen) atoms. The van der Waals surface area contributed by atoms with Crippen molar-refractivity contribution in [1.29, 1.82) is 0 Å². The lowest BCUT2D eigenvalue weighted by Gasteiger charge is -2.23. The molecule has 1 unspecified atom stereocenters. The molecule has 0 radical (unpaired) electrons. The number of nitrogens with zero attached hydrogens (tertiary/aromatic N) is 4. The van der Waals surface area contributed by atoms with Gasteiger partial charge in [-0.1, -0.05) is 0 Å². The summed E-state index contributed by atoms with van der Waals surface area (Å²) < 4.78 is 14.0. The van der Waals surface area contributed by atoms with Crippen molar-refractivity contribution < 1.29 is 4.55 Å². The molecular formula is C16H18ClN5OS. The molecule has 0 aliphatic rings. The van der Waals surface area contributed by atoms with Crippen LogP contribution in [0.4, 0.5) is 11.6 Å². The molecular weight excluding hydrogens is 346 g/mol. The van der Waals surface area contributed by atoms with Crippen molar-refractivity contribution in [2.24, 2.45) is 0 Å². The van der Waals surface area contributed by atoms with E-state index in [2.05, 4.69) is 20.3 Å². The van der Waals surface area contributed by atoms with Crippen LogP contribution in [0, 0.1) is 6.92 Å². The number of aromatic nitrogens is 4. The molecule has 0 aliphatic carbocycles. The Balaban J connectivity index is 2.00. The fraction of sp³-hybridized carbons (Fsp3) is 0.312. The monoisotopic (exact) mass is 363 g/mol. The Kier molecular flexibility index (Phi) is 4.42. The predicted octanol–water partition coefficient (Wildman–Crippen LogP) is 3.84. The molecule has 0 bridgehead atoms. The van der Waals surface area contributed by atoms with Gasteiger partial charge in [0.25, 0.3) is 0 Å². The van der Waals surface area contributed by atoms with Crippen molar-refractivity contribution in [3.8, 4) is 0 Å². The Labute approximate surface area is 148 Å². The van der Waals surface area contributed by atoms with Crippen molar-refractivity contribution in [2.45, 2.75) is 32.4 Å². The van der Waals surface area contributed by atoms with Gasteiger partial charge in [0.15, 0.2) is 5.65 Å². The molecule has 3 heterocycles. The maximum absolute atomic E-state index is 12.7. The maximum atomic E-state index is 12.7. The minimum Gasteiger partial charge on any atom is -0.592 e. The minimum absolute atomic E-state index is 0.168. The van der Waals surface area contributed by atoms with E-state index in [9.17, 15) is 4.55 Å². The number of pyridine rings is 1. The maximum Gasteiger partial charge on any atom is 0.224 e. The molecule has 1 N–H and O–H groups in total. The van der Waals surface area contributed by atoms with Gasteiger partial charge in [0.05, 0.1) is 17.6 Å². The summed E-state index contributed by atoms with van der Waals surface area (Å²) in [5, 5.41) is 4.24. The van der Waals surface area contributed by atoms with Crippen LogP contribution in [0.3, 0.4) is 0 Å². The SMILES string of the molecule is Cc1cnc(Cl)nc1Nc1ccc2ccn([S+]([O-])C(C)(C)C)c2n1. The van der Waals surface area contributed by atoms with Gasteiger partial charge in [-0.15, -0.1) is 0 Å². The molecule has 1 atom stereocenters. The summed E-state index contributed by atoms with van der Waals surface area (Å²) in [7, 11) is 0. The molecule has 0 fully saturated rings. The summed E-state index contributed by atoms with van der Waals surface area (Å²) >= 11 is 4.62. The number of aryl methyl sites for hydroxylation is 1. The van der Waals surface area contributed by atoms with Gasteiger partial charge >= 0.3 is 0 Å². The molecule has 6 nitrogen and oxygen atoms in total. The second-order valence-corrected chi connectivity index (χ2v) is 8.86. The first-order chi connectivity index (χ1) is 11.3. The lowest BCUT2D eigenvalue weighted by molar-refractivity contribution is 0.551. The highest BCUT2D eigenvalue weighted by Crippen LogP contribution is 2.26. The van der Waals surface area contributed by atoms with Crippen molar-refractivity contribution in [2.75, 3.05) is 5.32 Å². The zero-order chi connectivity index (χ0) is 17.5. The van der Waals surface area contributed by atoms with Gasteiger partial charge in [-0.2, -0.15) is 3.97 Å². The summed E-state index contributed by atoms with van der Waals surface area (Å²) in [5.41, 5.74) is 1.51. The summed E-state index contributed by atoms with van der Waals surface area (Å²) in [6.45, 7) is 7.68. The summed E-state index contributed by atoms with van der Waals surface area (Å²) in [4.78, 5) is 12.7. The first kappa shape index (κ1) is 17.0. The first-order valence-corrected chi connectivity index (χ1v) is 8.91. The van der Waals surface area contributed by atoms with E-state index in [0.717, 1.165) is 10.9 Å². The van der Waals surface area contributed by atoms with E-state index in [1.807, 2.05) is 45.9 Å². The highest BCUT2D eigenvalue weighted by Gasteiger charge is 2.30. The van der Waals surface area contributed by atoms with E-state index >= 15 is 0 Å². The Morgan fingerprint density at radius 3 is 2.67 bits per heavy atom. The fourth-order valence-electron chi connectivity index (χ4n) is 2.15. The number of fused-ring (bicyclic) bond motifs is 1. The quantitative estimate of drug-likeness (QED) is 0.565. The summed E-state index contributed by atoms with van der Waals surface area (Å²) in [6, 6.07) is 5.68. The Morgan fingerprint density at radius 1 is 1.21 bits per heavy atom. The number of anilines is 2. The number of rotatable bonds is 3. The van der Waals surface area contributed by atoms with E-state index in [-0.39, 0.29) is 10.0 Å². The third-order valence-corrected chi connectivity index (χ3v) is 5.28. The second-order valence-electron chi connectivity index (χ2n) is 6.41. The minimum atomic E-state index is -1.23. The number of hydrogen-bond acceptors (Lipinski definition) is 5. The Bertz CT molecular complexity index is 890. The van der Waals surface area contributed by atoms with Crippen LogP contribution in [0.25, 0.3) is 11.0 Å². The van der Waals surface area contributed by atoms with E-state index in [1.54, 1.807) is 16.4 Å². The molecule has 3 aromatic heterocycles. The second kappa shape index (κ2) is 6.23. The molecule has 0 amide bonds. The van der Waals surface area contributed by atoms with Crippen LogP contribution in [0.1, 0.15) is 26.3 Å². The molecule has 126 valence electrons. The van der Waals surface area contributed by atoms with E-state index in [0.29, 0.717) is 17.3 Å². The first-order valence-electron chi connectivity index (χ1n) is 7.42. The molecule has 3 rings (SSSR count). The molecule has 0 spiro atoms. The summed E-state index contributed by atoms with van der Waals surface area (Å²) in [6.07, 6.45) is 3.45. The van der Waals surface area contributed by atoms with Gasteiger partial charge in [-0.05, 0) is 57.5 Å². The number of nitrogens with one attached hydrogen (secondary N) is 1. The molecule has 8 heteroatoms. The topological polar surface area (TPSA) is 78.7 Å². The number of halogens is 1. The normalized spacial score (nSPS) is 13.2. The van der Waals surface area contributed by atoms with Crippen LogP contribution in [-0.2, 0) is 11.4 Å². The molecule has 0 aliphatic heterocycles. The van der Waals surface area contributed by atoms with Crippen LogP contribution in [-0.4, -0.2) is 28.2 Å². The van der Waals surface area contributed by atoms with Crippen LogP contribution in [0.2, 0.25) is 5.28 Å². The lowest BCUT2D eigenvalue weighted by Crippen LogP contribution is -2.33. The van der Waals surface area contributed by atoms with Crippen LogP contribution >= 0.6 is 11.6 Å². The van der Waals surface area contributed by atoms with Gasteiger partial charge in [0, 0.05) is 17.1 Å². The smallest absolute Gasteiger partial charge is 0.224 e. The van der Waals surface area contributed by atoms with Gasteiger partial charge < -0.3 is 9.87 Å². The number of hydrogen-bond donors (Lipinski definition) is 1. The van der Waals surface area contributed by atoms with E-state index < -0.39 is 11.4 Å². The highest BCUT2D eigenvalue weighted by atomic mass is 35.5. The van der Waals surface area contributed by atoms with Crippen LogP contribution in [0.5, 0.6) is 0 Å². The van der Waals surface area contributed by atoms with Gasteiger partial charge in [-0.25, -0.2) is 15.0 Å². The van der Waals surface area contributed by atoms with Crippen molar-refractivity contribution in [3.63, 3.8) is 0 Å².